The molecule has 0 saturated heterocycles. The third-order valence-electron chi connectivity index (χ3n) is 6.39. The average Bonchev–Trinajstić information content (AvgIpc) is 2.89. The molecule has 0 radical (unpaired) electrons. The Hall–Kier alpha value is -3.67. The van der Waals surface area contributed by atoms with Crippen LogP contribution in [-0.2, 0) is 10.3 Å². The van der Waals surface area contributed by atoms with Crippen LogP contribution in [0.5, 0.6) is 0 Å². The number of carbonyl (C=O) groups is 2. The lowest BCUT2D eigenvalue weighted by Crippen LogP contribution is -2.46. The number of rotatable bonds is 10. The van der Waals surface area contributed by atoms with Gasteiger partial charge in [-0.1, -0.05) is 63.6 Å². The van der Waals surface area contributed by atoms with Crippen LogP contribution in [0.2, 0.25) is 0 Å². The molecule has 0 aliphatic heterocycles. The van der Waals surface area contributed by atoms with Gasteiger partial charge in [-0.25, -0.2) is 4.79 Å². The standard InChI is InChI=1S/C29H35N3O3/c1-5-18-29(7-3,24-12-10-19-30-20-24)32-28(34)35-26(6-2)22-14-16-23(17-15-22)27(33)31-25-13-9-8-11-21(25)4/h8-17,19-20,26H,5-7,18H2,1-4H3,(H,31,33)(H,32,34)/t26?,29-/m1/s1. The number of hydrogen-bond acceptors (Lipinski definition) is 4. The average molecular weight is 474 g/mol. The summed E-state index contributed by atoms with van der Waals surface area (Å²) in [6, 6.07) is 18.7. The number of pyridine rings is 1. The molecule has 3 rings (SSSR count). The maximum Gasteiger partial charge on any atom is 0.408 e. The van der Waals surface area contributed by atoms with Crippen molar-refractivity contribution in [2.75, 3.05) is 5.32 Å². The molecule has 2 amide bonds. The maximum absolute atomic E-state index is 13.0. The first-order valence-electron chi connectivity index (χ1n) is 12.3. The fraction of sp³-hybridized carbons (Fsp3) is 0.345. The maximum atomic E-state index is 13.0. The molecule has 1 unspecified atom stereocenters. The summed E-state index contributed by atoms with van der Waals surface area (Å²) in [5.74, 6) is -0.179. The van der Waals surface area contributed by atoms with E-state index in [1.807, 2.05) is 62.4 Å². The molecule has 35 heavy (non-hydrogen) atoms. The Morgan fingerprint density at radius 1 is 1.00 bits per heavy atom. The van der Waals surface area contributed by atoms with Gasteiger partial charge < -0.3 is 15.4 Å². The van der Waals surface area contributed by atoms with Crippen molar-refractivity contribution in [1.82, 2.24) is 10.3 Å². The molecule has 3 aromatic rings. The molecule has 2 N–H and O–H groups in total. The van der Waals surface area contributed by atoms with Gasteiger partial charge in [-0.3, -0.25) is 9.78 Å². The summed E-state index contributed by atoms with van der Waals surface area (Å²) in [7, 11) is 0. The summed E-state index contributed by atoms with van der Waals surface area (Å²) < 4.78 is 5.85. The van der Waals surface area contributed by atoms with Crippen LogP contribution in [0, 0.1) is 6.92 Å². The van der Waals surface area contributed by atoms with Gasteiger partial charge in [-0.2, -0.15) is 0 Å². The predicted octanol–water partition coefficient (Wildman–Crippen LogP) is 6.93. The van der Waals surface area contributed by atoms with Crippen LogP contribution in [0.25, 0.3) is 0 Å². The number of alkyl carbamates (subject to hydrolysis) is 1. The van der Waals surface area contributed by atoms with E-state index in [9.17, 15) is 9.59 Å². The molecule has 0 saturated carbocycles. The summed E-state index contributed by atoms with van der Waals surface area (Å²) >= 11 is 0. The van der Waals surface area contributed by atoms with E-state index in [1.165, 1.54) is 0 Å². The number of amides is 2. The first-order valence-corrected chi connectivity index (χ1v) is 12.3. The number of nitrogens with one attached hydrogen (secondary N) is 2. The highest BCUT2D eigenvalue weighted by Crippen LogP contribution is 2.31. The summed E-state index contributed by atoms with van der Waals surface area (Å²) in [6.45, 7) is 8.08. The summed E-state index contributed by atoms with van der Waals surface area (Å²) in [6.07, 6.45) is 5.68. The predicted molar refractivity (Wildman–Crippen MR) is 139 cm³/mol. The molecule has 1 heterocycles. The summed E-state index contributed by atoms with van der Waals surface area (Å²) in [4.78, 5) is 29.9. The van der Waals surface area contributed by atoms with Gasteiger partial charge in [0, 0.05) is 23.6 Å². The van der Waals surface area contributed by atoms with E-state index in [1.54, 1.807) is 24.5 Å². The molecule has 184 valence electrons. The first-order chi connectivity index (χ1) is 16.9. The number of aryl methyl sites for hydroxylation is 1. The van der Waals surface area contributed by atoms with Crippen molar-refractivity contribution in [3.05, 3.63) is 95.3 Å². The van der Waals surface area contributed by atoms with Crippen molar-refractivity contribution in [2.45, 2.75) is 65.0 Å². The molecule has 6 nitrogen and oxygen atoms in total. The molecule has 0 bridgehead atoms. The van der Waals surface area contributed by atoms with Crippen LogP contribution in [-0.4, -0.2) is 17.0 Å². The molecule has 0 fully saturated rings. The van der Waals surface area contributed by atoms with Crippen LogP contribution < -0.4 is 10.6 Å². The zero-order valence-electron chi connectivity index (χ0n) is 21.0. The number of ether oxygens (including phenoxy) is 1. The monoisotopic (exact) mass is 473 g/mol. The smallest absolute Gasteiger partial charge is 0.408 e. The minimum atomic E-state index is -0.532. The number of hydrogen-bond donors (Lipinski definition) is 2. The van der Waals surface area contributed by atoms with Crippen LogP contribution in [0.3, 0.4) is 0 Å². The Bertz CT molecular complexity index is 1120. The second kappa shape index (κ2) is 12.2. The number of carbonyl (C=O) groups excluding carboxylic acids is 2. The van der Waals surface area contributed by atoms with Crippen molar-refractivity contribution in [3.8, 4) is 0 Å². The van der Waals surface area contributed by atoms with E-state index in [0.29, 0.717) is 12.0 Å². The number of nitrogens with zero attached hydrogens (tertiary/aromatic N) is 1. The van der Waals surface area contributed by atoms with Gasteiger partial charge in [0.1, 0.15) is 6.10 Å². The van der Waals surface area contributed by atoms with Crippen LogP contribution >= 0.6 is 0 Å². The van der Waals surface area contributed by atoms with E-state index < -0.39 is 17.7 Å². The lowest BCUT2D eigenvalue weighted by atomic mass is 9.84. The summed E-state index contributed by atoms with van der Waals surface area (Å²) in [5, 5.41) is 6.07. The number of benzene rings is 2. The molecule has 0 aliphatic carbocycles. The molecule has 1 aromatic heterocycles. The van der Waals surface area contributed by atoms with Crippen LogP contribution in [0.1, 0.15) is 79.6 Å². The lowest BCUT2D eigenvalue weighted by Gasteiger charge is -2.34. The lowest BCUT2D eigenvalue weighted by molar-refractivity contribution is 0.0828. The van der Waals surface area contributed by atoms with Crippen molar-refractivity contribution >= 4 is 17.7 Å². The molecular formula is C29H35N3O3. The number of para-hydroxylation sites is 1. The minimum Gasteiger partial charge on any atom is -0.441 e. The number of anilines is 1. The molecule has 0 spiro atoms. The van der Waals surface area contributed by atoms with Crippen LogP contribution in [0.15, 0.2) is 73.1 Å². The van der Waals surface area contributed by atoms with Gasteiger partial charge in [0.25, 0.3) is 5.91 Å². The Morgan fingerprint density at radius 2 is 1.74 bits per heavy atom. The van der Waals surface area contributed by atoms with Crippen molar-refractivity contribution < 1.29 is 14.3 Å². The molecule has 0 aliphatic rings. The molecule has 2 atom stereocenters. The van der Waals surface area contributed by atoms with Gasteiger partial charge in [0.05, 0.1) is 5.54 Å². The summed E-state index contributed by atoms with van der Waals surface area (Å²) in [5.41, 5.74) is 3.61. The highest BCUT2D eigenvalue weighted by Gasteiger charge is 2.33. The molecular weight excluding hydrogens is 438 g/mol. The van der Waals surface area contributed by atoms with Gasteiger partial charge in [-0.05, 0) is 67.1 Å². The van der Waals surface area contributed by atoms with E-state index in [0.717, 1.165) is 41.6 Å². The van der Waals surface area contributed by atoms with Crippen LogP contribution in [0.4, 0.5) is 10.5 Å². The zero-order chi connectivity index (χ0) is 25.3. The quantitative estimate of drug-likeness (QED) is 0.335. The topological polar surface area (TPSA) is 80.3 Å². The third-order valence-corrected chi connectivity index (χ3v) is 6.39. The van der Waals surface area contributed by atoms with Gasteiger partial charge in [-0.15, -0.1) is 0 Å². The van der Waals surface area contributed by atoms with Crippen molar-refractivity contribution in [2.24, 2.45) is 0 Å². The second-order valence-corrected chi connectivity index (χ2v) is 8.75. The van der Waals surface area contributed by atoms with Gasteiger partial charge >= 0.3 is 6.09 Å². The van der Waals surface area contributed by atoms with E-state index in [4.69, 9.17) is 4.74 Å². The Morgan fingerprint density at radius 3 is 2.34 bits per heavy atom. The van der Waals surface area contributed by atoms with E-state index in [-0.39, 0.29) is 5.91 Å². The Labute approximate surface area is 208 Å². The van der Waals surface area contributed by atoms with Gasteiger partial charge in [0.2, 0.25) is 0 Å². The second-order valence-electron chi connectivity index (χ2n) is 8.75. The minimum absolute atomic E-state index is 0.179. The molecule has 6 heteroatoms. The SMILES string of the molecule is CCC[C@@](CC)(NC(=O)OC(CC)c1ccc(C(=O)Nc2ccccc2C)cc1)c1cccnc1. The number of aromatic nitrogens is 1. The van der Waals surface area contributed by atoms with E-state index >= 15 is 0 Å². The Balaban J connectivity index is 1.69. The zero-order valence-corrected chi connectivity index (χ0v) is 21.0. The molecule has 2 aromatic carbocycles. The normalized spacial score (nSPS) is 13.4. The highest BCUT2D eigenvalue weighted by molar-refractivity contribution is 6.04. The van der Waals surface area contributed by atoms with E-state index in [2.05, 4.69) is 29.5 Å². The van der Waals surface area contributed by atoms with Crippen molar-refractivity contribution in [3.63, 3.8) is 0 Å². The fourth-order valence-corrected chi connectivity index (χ4v) is 4.32. The first kappa shape index (κ1) is 25.9. The van der Waals surface area contributed by atoms with Gasteiger partial charge in [0.15, 0.2) is 0 Å². The Kier molecular flexibility index (Phi) is 9.01. The third kappa shape index (κ3) is 6.47. The largest absolute Gasteiger partial charge is 0.441 e. The fourth-order valence-electron chi connectivity index (χ4n) is 4.32. The van der Waals surface area contributed by atoms with Crippen molar-refractivity contribution in [1.29, 1.82) is 0 Å². The highest BCUT2D eigenvalue weighted by atomic mass is 16.6.